The first-order valence-corrected chi connectivity index (χ1v) is 12.2. The Balaban J connectivity index is 1.23. The summed E-state index contributed by atoms with van der Waals surface area (Å²) in [6, 6.07) is 6.94. The summed E-state index contributed by atoms with van der Waals surface area (Å²) in [4.78, 5) is 18.8. The smallest absolute Gasteiger partial charge is 0.243 e. The zero-order chi connectivity index (χ0) is 22.7. The van der Waals surface area contributed by atoms with Crippen LogP contribution in [0.5, 0.6) is 0 Å². The normalized spacial score (nSPS) is 19.4. The number of aryl methyl sites for hydroxylation is 1. The SMILES string of the molecule is Cc1cc(CN2CCN(CC(=O)N3CCN(S(=O)(=O)c4cccc(F)c4)CC3)CC2)no1. The van der Waals surface area contributed by atoms with Crippen molar-refractivity contribution in [2.45, 2.75) is 18.4 Å². The van der Waals surface area contributed by atoms with Crippen LogP contribution >= 0.6 is 0 Å². The highest BCUT2D eigenvalue weighted by molar-refractivity contribution is 7.89. The number of nitrogens with zero attached hydrogens (tertiary/aromatic N) is 5. The first kappa shape index (κ1) is 22.8. The lowest BCUT2D eigenvalue weighted by Gasteiger charge is -2.37. The third-order valence-corrected chi connectivity index (χ3v) is 7.81. The molecule has 9 nitrogen and oxygen atoms in total. The summed E-state index contributed by atoms with van der Waals surface area (Å²) in [5, 5.41) is 4.03. The van der Waals surface area contributed by atoms with Crippen LogP contribution in [0.4, 0.5) is 4.39 Å². The number of rotatable bonds is 6. The molecule has 0 aliphatic carbocycles. The Hall–Kier alpha value is -2.34. The monoisotopic (exact) mass is 465 g/mol. The largest absolute Gasteiger partial charge is 0.361 e. The van der Waals surface area contributed by atoms with E-state index in [4.69, 9.17) is 4.52 Å². The second kappa shape index (κ2) is 9.65. The molecule has 2 saturated heterocycles. The molecule has 174 valence electrons. The fourth-order valence-electron chi connectivity index (χ4n) is 4.07. The molecule has 0 saturated carbocycles. The molecule has 2 fully saturated rings. The third kappa shape index (κ3) is 5.34. The lowest BCUT2D eigenvalue weighted by molar-refractivity contribution is -0.134. The molecule has 0 spiro atoms. The molecule has 2 aliphatic heterocycles. The maximum absolute atomic E-state index is 13.4. The fraction of sp³-hybridized carbons (Fsp3) is 0.524. The molecule has 1 aromatic heterocycles. The van der Waals surface area contributed by atoms with Crippen molar-refractivity contribution in [1.29, 1.82) is 0 Å². The average molecular weight is 466 g/mol. The molecule has 0 atom stereocenters. The van der Waals surface area contributed by atoms with Gasteiger partial charge in [0.2, 0.25) is 15.9 Å². The summed E-state index contributed by atoms with van der Waals surface area (Å²) in [7, 11) is -3.76. The van der Waals surface area contributed by atoms with Crippen LogP contribution in [0.1, 0.15) is 11.5 Å². The summed E-state index contributed by atoms with van der Waals surface area (Å²) in [6.07, 6.45) is 0. The van der Waals surface area contributed by atoms with E-state index in [1.54, 1.807) is 4.90 Å². The zero-order valence-electron chi connectivity index (χ0n) is 18.1. The highest BCUT2D eigenvalue weighted by atomic mass is 32.2. The number of aromatic nitrogens is 1. The highest BCUT2D eigenvalue weighted by Crippen LogP contribution is 2.19. The molecule has 4 rings (SSSR count). The molecule has 1 aromatic carbocycles. The van der Waals surface area contributed by atoms with Crippen LogP contribution in [-0.4, -0.2) is 97.4 Å². The van der Waals surface area contributed by atoms with E-state index in [0.29, 0.717) is 19.6 Å². The number of amides is 1. The molecule has 0 bridgehead atoms. The molecule has 32 heavy (non-hydrogen) atoms. The van der Waals surface area contributed by atoms with Crippen LogP contribution in [0.15, 0.2) is 39.8 Å². The van der Waals surface area contributed by atoms with Crippen LogP contribution < -0.4 is 0 Å². The summed E-state index contributed by atoms with van der Waals surface area (Å²) >= 11 is 0. The Kier molecular flexibility index (Phi) is 6.89. The average Bonchev–Trinajstić information content (AvgIpc) is 3.19. The Morgan fingerprint density at radius 3 is 2.34 bits per heavy atom. The Labute approximate surface area is 187 Å². The van der Waals surface area contributed by atoms with Gasteiger partial charge in [-0.3, -0.25) is 14.6 Å². The van der Waals surface area contributed by atoms with Gasteiger partial charge in [0.15, 0.2) is 0 Å². The van der Waals surface area contributed by atoms with Crippen molar-refractivity contribution in [2.75, 3.05) is 58.9 Å². The van der Waals surface area contributed by atoms with Crippen molar-refractivity contribution in [3.63, 3.8) is 0 Å². The van der Waals surface area contributed by atoms with E-state index >= 15 is 0 Å². The van der Waals surface area contributed by atoms with Gasteiger partial charge in [0.05, 0.1) is 17.1 Å². The molecule has 0 N–H and O–H groups in total. The summed E-state index contributed by atoms with van der Waals surface area (Å²) in [5.74, 6) is 0.220. The van der Waals surface area contributed by atoms with Crippen LogP contribution in [0, 0.1) is 12.7 Å². The van der Waals surface area contributed by atoms with Gasteiger partial charge in [-0.15, -0.1) is 0 Å². The third-order valence-electron chi connectivity index (χ3n) is 5.91. The van der Waals surface area contributed by atoms with E-state index in [1.165, 1.54) is 22.5 Å². The van der Waals surface area contributed by atoms with Gasteiger partial charge in [0.1, 0.15) is 11.6 Å². The molecule has 11 heteroatoms. The summed E-state index contributed by atoms with van der Waals surface area (Å²) < 4.78 is 45.3. The predicted octanol–water partition coefficient (Wildman–Crippen LogP) is 0.773. The van der Waals surface area contributed by atoms with Crippen molar-refractivity contribution in [3.05, 3.63) is 47.6 Å². The molecule has 1 amide bonds. The first-order valence-electron chi connectivity index (χ1n) is 10.7. The van der Waals surface area contributed by atoms with E-state index in [2.05, 4.69) is 15.0 Å². The van der Waals surface area contributed by atoms with Gasteiger partial charge < -0.3 is 9.42 Å². The first-order chi connectivity index (χ1) is 15.3. The standard InChI is InChI=1S/C21H28FN5O4S/c1-17-13-19(23-31-17)15-24-5-7-25(8-6-24)16-21(28)26-9-11-27(12-10-26)32(29,30)20-4-2-3-18(22)14-20/h2-4,13-14H,5-12,15-16H2,1H3. The predicted molar refractivity (Wildman–Crippen MR) is 115 cm³/mol. The minimum Gasteiger partial charge on any atom is -0.361 e. The summed E-state index contributed by atoms with van der Waals surface area (Å²) in [6.45, 7) is 7.28. The fourth-order valence-corrected chi connectivity index (χ4v) is 5.53. The van der Waals surface area contributed by atoms with Crippen molar-refractivity contribution in [3.8, 4) is 0 Å². The van der Waals surface area contributed by atoms with Crippen molar-refractivity contribution in [2.24, 2.45) is 0 Å². The minimum atomic E-state index is -3.76. The number of carbonyl (C=O) groups excluding carboxylic acids is 1. The Morgan fingerprint density at radius 2 is 1.72 bits per heavy atom. The molecule has 0 radical (unpaired) electrons. The van der Waals surface area contributed by atoms with E-state index in [-0.39, 0.29) is 23.9 Å². The number of hydrogen-bond acceptors (Lipinski definition) is 7. The number of hydrogen-bond donors (Lipinski definition) is 0. The van der Waals surface area contributed by atoms with E-state index in [9.17, 15) is 17.6 Å². The molecular weight excluding hydrogens is 437 g/mol. The van der Waals surface area contributed by atoms with Crippen molar-refractivity contribution >= 4 is 15.9 Å². The van der Waals surface area contributed by atoms with Crippen LogP contribution in [0.2, 0.25) is 0 Å². The highest BCUT2D eigenvalue weighted by Gasteiger charge is 2.31. The van der Waals surface area contributed by atoms with Crippen molar-refractivity contribution in [1.82, 2.24) is 24.2 Å². The van der Waals surface area contributed by atoms with Gasteiger partial charge in [-0.1, -0.05) is 11.2 Å². The van der Waals surface area contributed by atoms with E-state index < -0.39 is 15.8 Å². The summed E-state index contributed by atoms with van der Waals surface area (Å²) in [5.41, 5.74) is 0.915. The van der Waals surface area contributed by atoms with Crippen LogP contribution in [0.25, 0.3) is 0 Å². The van der Waals surface area contributed by atoms with Gasteiger partial charge in [-0.2, -0.15) is 4.31 Å². The van der Waals surface area contributed by atoms with Gasteiger partial charge in [-0.25, -0.2) is 12.8 Å². The lowest BCUT2D eigenvalue weighted by Crippen LogP contribution is -2.54. The zero-order valence-corrected chi connectivity index (χ0v) is 18.9. The number of sulfonamides is 1. The van der Waals surface area contributed by atoms with Crippen molar-refractivity contribution < 1.29 is 22.1 Å². The molecule has 3 heterocycles. The lowest BCUT2D eigenvalue weighted by atomic mass is 10.2. The van der Waals surface area contributed by atoms with E-state index in [1.807, 2.05) is 13.0 Å². The van der Waals surface area contributed by atoms with Gasteiger partial charge in [0.25, 0.3) is 0 Å². The minimum absolute atomic E-state index is 0.00776. The maximum Gasteiger partial charge on any atom is 0.243 e. The molecule has 2 aliphatic rings. The number of benzene rings is 1. The second-order valence-corrected chi connectivity index (χ2v) is 10.2. The Bertz CT molecular complexity index is 1040. The number of piperazine rings is 2. The van der Waals surface area contributed by atoms with Crippen LogP contribution in [-0.2, 0) is 21.4 Å². The van der Waals surface area contributed by atoms with Crippen LogP contribution in [0.3, 0.4) is 0 Å². The Morgan fingerprint density at radius 1 is 1.03 bits per heavy atom. The number of carbonyl (C=O) groups is 1. The van der Waals surface area contributed by atoms with Gasteiger partial charge in [-0.05, 0) is 25.1 Å². The maximum atomic E-state index is 13.4. The molecule has 0 unspecified atom stereocenters. The van der Waals surface area contributed by atoms with E-state index in [0.717, 1.165) is 50.2 Å². The molecular formula is C21H28FN5O4S. The topological polar surface area (TPSA) is 90.2 Å². The quantitative estimate of drug-likeness (QED) is 0.623. The molecule has 2 aromatic rings. The second-order valence-electron chi connectivity index (χ2n) is 8.22. The van der Waals surface area contributed by atoms with Gasteiger partial charge >= 0.3 is 0 Å². The van der Waals surface area contributed by atoms with Gasteiger partial charge in [0, 0.05) is 65.0 Å². The number of halogens is 1.